The van der Waals surface area contributed by atoms with Gasteiger partial charge in [-0.25, -0.2) is 0 Å². The lowest BCUT2D eigenvalue weighted by molar-refractivity contribution is -0.138. The minimum Gasteiger partial charge on any atom is -0.377 e. The predicted octanol–water partition coefficient (Wildman–Crippen LogP) is 0.984. The summed E-state index contributed by atoms with van der Waals surface area (Å²) in [5.74, 6) is 0.192. The van der Waals surface area contributed by atoms with Gasteiger partial charge in [-0.05, 0) is 25.1 Å². The molecule has 2 rings (SSSR count). The van der Waals surface area contributed by atoms with Crippen LogP contribution in [0.4, 0.5) is 0 Å². The molecule has 0 aromatic heterocycles. The number of likely N-dealkylation sites (N-methyl/N-ethyl adjacent to an activating group) is 1. The predicted molar refractivity (Wildman–Crippen MR) is 75.1 cm³/mol. The van der Waals surface area contributed by atoms with Crippen LogP contribution in [0.2, 0.25) is 0 Å². The summed E-state index contributed by atoms with van der Waals surface area (Å²) in [5, 5.41) is 3.12. The molecule has 1 aromatic rings. The average molecular weight is 262 g/mol. The Labute approximate surface area is 114 Å². The fourth-order valence-electron chi connectivity index (χ4n) is 2.46. The van der Waals surface area contributed by atoms with Crippen molar-refractivity contribution in [3.63, 3.8) is 0 Å². The number of benzene rings is 1. The summed E-state index contributed by atoms with van der Waals surface area (Å²) < 4.78 is 5.46. The van der Waals surface area contributed by atoms with Crippen LogP contribution in [0.25, 0.3) is 0 Å². The summed E-state index contributed by atoms with van der Waals surface area (Å²) >= 11 is 0. The highest BCUT2D eigenvalue weighted by Gasteiger charge is 2.26. The summed E-state index contributed by atoms with van der Waals surface area (Å²) in [6.07, 6.45) is 0.479. The SMILES string of the molecule is CNCC1COCCN1C(=O)Cc1ccccc1C. The molecule has 0 radical (unpaired) electrons. The van der Waals surface area contributed by atoms with Gasteiger partial charge in [0.15, 0.2) is 0 Å². The van der Waals surface area contributed by atoms with Gasteiger partial charge in [0.05, 0.1) is 25.7 Å². The Morgan fingerprint density at radius 3 is 3.00 bits per heavy atom. The van der Waals surface area contributed by atoms with Gasteiger partial charge in [-0.3, -0.25) is 4.79 Å². The fraction of sp³-hybridized carbons (Fsp3) is 0.533. The van der Waals surface area contributed by atoms with Crippen molar-refractivity contribution >= 4 is 5.91 Å². The van der Waals surface area contributed by atoms with Gasteiger partial charge < -0.3 is 15.0 Å². The standard InChI is InChI=1S/C15H22N2O2/c1-12-5-3-4-6-13(12)9-15(18)17-7-8-19-11-14(17)10-16-2/h3-6,14,16H,7-11H2,1-2H3. The Kier molecular flexibility index (Phi) is 4.93. The molecule has 4 nitrogen and oxygen atoms in total. The van der Waals surface area contributed by atoms with Gasteiger partial charge in [0.25, 0.3) is 0 Å². The first-order chi connectivity index (χ1) is 9.22. The Morgan fingerprint density at radius 2 is 2.26 bits per heavy atom. The van der Waals surface area contributed by atoms with E-state index < -0.39 is 0 Å². The van der Waals surface area contributed by atoms with Gasteiger partial charge in [0.2, 0.25) is 5.91 Å². The molecular formula is C15H22N2O2. The lowest BCUT2D eigenvalue weighted by Crippen LogP contribution is -2.53. The first kappa shape index (κ1) is 14.0. The number of aryl methyl sites for hydroxylation is 1. The molecule has 1 aromatic carbocycles. The maximum atomic E-state index is 12.4. The van der Waals surface area contributed by atoms with Gasteiger partial charge in [-0.2, -0.15) is 0 Å². The Morgan fingerprint density at radius 1 is 1.47 bits per heavy atom. The van der Waals surface area contributed by atoms with Gasteiger partial charge in [-0.15, -0.1) is 0 Å². The van der Waals surface area contributed by atoms with Crippen molar-refractivity contribution in [2.24, 2.45) is 0 Å². The zero-order chi connectivity index (χ0) is 13.7. The molecule has 104 valence electrons. The van der Waals surface area contributed by atoms with E-state index in [1.54, 1.807) is 0 Å². The topological polar surface area (TPSA) is 41.6 Å². The van der Waals surface area contributed by atoms with E-state index in [0.717, 1.165) is 12.1 Å². The van der Waals surface area contributed by atoms with Crippen LogP contribution in [-0.2, 0) is 16.0 Å². The van der Waals surface area contributed by atoms with Crippen LogP contribution in [0.3, 0.4) is 0 Å². The lowest BCUT2D eigenvalue weighted by atomic mass is 10.0. The van der Waals surface area contributed by atoms with Gasteiger partial charge >= 0.3 is 0 Å². The first-order valence-electron chi connectivity index (χ1n) is 6.78. The minimum absolute atomic E-state index is 0.148. The monoisotopic (exact) mass is 262 g/mol. The smallest absolute Gasteiger partial charge is 0.227 e. The summed E-state index contributed by atoms with van der Waals surface area (Å²) in [7, 11) is 1.90. The van der Waals surface area contributed by atoms with E-state index >= 15 is 0 Å². The Hall–Kier alpha value is -1.39. The van der Waals surface area contributed by atoms with Crippen LogP contribution in [0.5, 0.6) is 0 Å². The molecule has 0 spiro atoms. The number of carbonyl (C=O) groups excluding carboxylic acids is 1. The number of amides is 1. The molecule has 1 atom stereocenters. The van der Waals surface area contributed by atoms with Crippen LogP contribution in [-0.4, -0.2) is 50.2 Å². The second kappa shape index (κ2) is 6.68. The van der Waals surface area contributed by atoms with Crippen LogP contribution in [0.15, 0.2) is 24.3 Å². The minimum atomic E-state index is 0.148. The molecule has 1 saturated heterocycles. The third-order valence-corrected chi connectivity index (χ3v) is 3.59. The summed E-state index contributed by atoms with van der Waals surface area (Å²) in [5.41, 5.74) is 2.29. The molecule has 0 saturated carbocycles. The van der Waals surface area contributed by atoms with Crippen molar-refractivity contribution in [1.82, 2.24) is 10.2 Å². The van der Waals surface area contributed by atoms with Crippen LogP contribution < -0.4 is 5.32 Å². The zero-order valence-corrected chi connectivity index (χ0v) is 11.7. The van der Waals surface area contributed by atoms with Gasteiger partial charge in [-0.1, -0.05) is 24.3 Å². The number of carbonyl (C=O) groups is 1. The fourth-order valence-corrected chi connectivity index (χ4v) is 2.46. The summed E-state index contributed by atoms with van der Waals surface area (Å²) in [4.78, 5) is 14.4. The second-order valence-corrected chi connectivity index (χ2v) is 4.98. The van der Waals surface area contributed by atoms with Crippen molar-refractivity contribution in [3.8, 4) is 0 Å². The van der Waals surface area contributed by atoms with Gasteiger partial charge in [0, 0.05) is 13.1 Å². The Balaban J connectivity index is 2.03. The van der Waals surface area contributed by atoms with E-state index in [0.29, 0.717) is 26.2 Å². The first-order valence-corrected chi connectivity index (χ1v) is 6.78. The van der Waals surface area contributed by atoms with E-state index in [4.69, 9.17) is 4.74 Å². The molecular weight excluding hydrogens is 240 g/mol. The van der Waals surface area contributed by atoms with Crippen LogP contribution in [0, 0.1) is 6.92 Å². The molecule has 1 fully saturated rings. The van der Waals surface area contributed by atoms with E-state index in [1.165, 1.54) is 5.56 Å². The van der Waals surface area contributed by atoms with Crippen molar-refractivity contribution in [3.05, 3.63) is 35.4 Å². The molecule has 19 heavy (non-hydrogen) atoms. The van der Waals surface area contributed by atoms with E-state index in [9.17, 15) is 4.79 Å². The molecule has 1 aliphatic heterocycles. The summed E-state index contributed by atoms with van der Waals surface area (Å²) in [6.45, 7) is 4.78. The van der Waals surface area contributed by atoms with E-state index in [1.807, 2.05) is 43.1 Å². The number of nitrogens with one attached hydrogen (secondary N) is 1. The normalized spacial score (nSPS) is 19.5. The van der Waals surface area contributed by atoms with Crippen molar-refractivity contribution < 1.29 is 9.53 Å². The number of morpholine rings is 1. The van der Waals surface area contributed by atoms with Crippen molar-refractivity contribution in [1.29, 1.82) is 0 Å². The highest BCUT2D eigenvalue weighted by Crippen LogP contribution is 2.13. The quantitative estimate of drug-likeness (QED) is 0.879. The molecule has 0 aliphatic carbocycles. The highest BCUT2D eigenvalue weighted by molar-refractivity contribution is 5.79. The van der Waals surface area contributed by atoms with Crippen LogP contribution in [0.1, 0.15) is 11.1 Å². The van der Waals surface area contributed by atoms with E-state index in [2.05, 4.69) is 5.32 Å². The third-order valence-electron chi connectivity index (χ3n) is 3.59. The third kappa shape index (κ3) is 3.55. The highest BCUT2D eigenvalue weighted by atomic mass is 16.5. The number of ether oxygens (including phenoxy) is 1. The zero-order valence-electron chi connectivity index (χ0n) is 11.7. The average Bonchev–Trinajstić information content (AvgIpc) is 2.42. The Bertz CT molecular complexity index is 432. The lowest BCUT2D eigenvalue weighted by Gasteiger charge is -2.35. The maximum absolute atomic E-state index is 12.4. The molecule has 0 bridgehead atoms. The molecule has 1 unspecified atom stereocenters. The number of rotatable bonds is 4. The van der Waals surface area contributed by atoms with E-state index in [-0.39, 0.29) is 11.9 Å². The summed E-state index contributed by atoms with van der Waals surface area (Å²) in [6, 6.07) is 8.21. The molecule has 1 amide bonds. The molecule has 1 heterocycles. The number of nitrogens with zero attached hydrogens (tertiary/aromatic N) is 1. The maximum Gasteiger partial charge on any atom is 0.227 e. The van der Waals surface area contributed by atoms with Crippen molar-refractivity contribution in [2.45, 2.75) is 19.4 Å². The van der Waals surface area contributed by atoms with Crippen molar-refractivity contribution in [2.75, 3.05) is 33.4 Å². The molecule has 1 N–H and O–H groups in total. The van der Waals surface area contributed by atoms with Gasteiger partial charge in [0.1, 0.15) is 0 Å². The largest absolute Gasteiger partial charge is 0.377 e. The number of hydrogen-bond donors (Lipinski definition) is 1. The number of hydrogen-bond acceptors (Lipinski definition) is 3. The molecule has 4 heteroatoms. The second-order valence-electron chi connectivity index (χ2n) is 4.98. The molecule has 1 aliphatic rings. The van der Waals surface area contributed by atoms with Crippen LogP contribution >= 0.6 is 0 Å².